The zero-order valence-corrected chi connectivity index (χ0v) is 13.3. The third-order valence-corrected chi connectivity index (χ3v) is 5.13. The van der Waals surface area contributed by atoms with Crippen LogP contribution in [0.1, 0.15) is 11.1 Å². The van der Waals surface area contributed by atoms with Gasteiger partial charge in [0.2, 0.25) is 0 Å². The molecule has 0 N–H and O–H groups in total. The summed E-state index contributed by atoms with van der Waals surface area (Å²) in [7, 11) is 0. The van der Waals surface area contributed by atoms with Crippen molar-refractivity contribution in [2.75, 3.05) is 0 Å². The summed E-state index contributed by atoms with van der Waals surface area (Å²) in [6.07, 6.45) is 3.93. The van der Waals surface area contributed by atoms with Gasteiger partial charge in [-0.05, 0) is 54.2 Å². The molecule has 0 aliphatic carbocycles. The molecule has 0 aliphatic heterocycles. The number of benzene rings is 5. The van der Waals surface area contributed by atoms with Gasteiger partial charge in [-0.1, -0.05) is 86.0 Å². The van der Waals surface area contributed by atoms with Gasteiger partial charge in [-0.15, -0.1) is 0 Å². The van der Waals surface area contributed by atoms with Crippen LogP contribution in [0.4, 0.5) is 0 Å². The summed E-state index contributed by atoms with van der Waals surface area (Å²) in [5.41, 5.74) is 2.38. The summed E-state index contributed by atoms with van der Waals surface area (Å²) in [6.45, 7) is 8.08. The predicted molar refractivity (Wildman–Crippen MR) is 108 cm³/mol. The first-order valence-electron chi connectivity index (χ1n) is 8.20. The van der Waals surface area contributed by atoms with Crippen molar-refractivity contribution in [3.05, 3.63) is 84.9 Å². The lowest BCUT2D eigenvalue weighted by Crippen LogP contribution is -1.90. The average Bonchev–Trinajstić information content (AvgIpc) is 2.65. The summed E-state index contributed by atoms with van der Waals surface area (Å²) < 4.78 is 0. The van der Waals surface area contributed by atoms with E-state index in [0.717, 1.165) is 0 Å². The Morgan fingerprint density at radius 2 is 0.958 bits per heavy atom. The van der Waals surface area contributed by atoms with Crippen LogP contribution in [0.25, 0.3) is 55.2 Å². The second-order valence-corrected chi connectivity index (χ2v) is 6.28. The van der Waals surface area contributed by atoms with Crippen molar-refractivity contribution < 1.29 is 0 Å². The molecule has 0 radical (unpaired) electrons. The molecule has 112 valence electrons. The van der Waals surface area contributed by atoms with Crippen molar-refractivity contribution in [2.45, 2.75) is 0 Å². The quantitative estimate of drug-likeness (QED) is 0.243. The van der Waals surface area contributed by atoms with E-state index in [0.29, 0.717) is 0 Å². The van der Waals surface area contributed by atoms with Crippen LogP contribution in [0.15, 0.2) is 73.8 Å². The van der Waals surface area contributed by atoms with E-state index in [2.05, 4.69) is 73.8 Å². The van der Waals surface area contributed by atoms with E-state index < -0.39 is 0 Å². The summed E-state index contributed by atoms with van der Waals surface area (Å²) in [5.74, 6) is 0. The highest BCUT2D eigenvalue weighted by Gasteiger charge is 2.15. The molecule has 0 aliphatic rings. The first-order valence-corrected chi connectivity index (χ1v) is 8.20. The van der Waals surface area contributed by atoms with Gasteiger partial charge in [0.1, 0.15) is 0 Å². The Morgan fingerprint density at radius 1 is 0.500 bits per heavy atom. The monoisotopic (exact) mass is 304 g/mol. The molecule has 0 atom stereocenters. The van der Waals surface area contributed by atoms with Crippen LogP contribution in [-0.4, -0.2) is 0 Å². The molecule has 0 spiro atoms. The molecule has 5 aromatic carbocycles. The van der Waals surface area contributed by atoms with Crippen molar-refractivity contribution >= 4 is 55.2 Å². The Morgan fingerprint density at radius 3 is 1.38 bits per heavy atom. The Hall–Kier alpha value is -3.12. The summed E-state index contributed by atoms with van der Waals surface area (Å²) in [5, 5.41) is 10.4. The third kappa shape index (κ3) is 1.53. The molecular weight excluding hydrogens is 288 g/mol. The molecule has 0 unspecified atom stereocenters. The molecule has 0 nitrogen and oxygen atoms in total. The van der Waals surface area contributed by atoms with Gasteiger partial charge in [-0.2, -0.15) is 0 Å². The largest absolute Gasteiger partial charge is 0.0984 e. The van der Waals surface area contributed by atoms with Gasteiger partial charge >= 0.3 is 0 Å². The topological polar surface area (TPSA) is 0 Å². The fraction of sp³-hybridized carbons (Fsp3) is 0. The van der Waals surface area contributed by atoms with Crippen LogP contribution in [0.5, 0.6) is 0 Å². The van der Waals surface area contributed by atoms with Crippen LogP contribution >= 0.6 is 0 Å². The first-order chi connectivity index (χ1) is 11.8. The van der Waals surface area contributed by atoms with E-state index >= 15 is 0 Å². The fourth-order valence-electron chi connectivity index (χ4n) is 4.13. The number of hydrogen-bond donors (Lipinski definition) is 0. The highest BCUT2D eigenvalue weighted by atomic mass is 14.2. The lowest BCUT2D eigenvalue weighted by Gasteiger charge is -2.17. The average molecular weight is 304 g/mol. The van der Waals surface area contributed by atoms with Gasteiger partial charge in [-0.3, -0.25) is 0 Å². The van der Waals surface area contributed by atoms with Crippen molar-refractivity contribution in [3.63, 3.8) is 0 Å². The molecule has 0 heterocycles. The predicted octanol–water partition coefficient (Wildman–Crippen LogP) is 7.02. The Labute approximate surface area is 140 Å². The first kappa shape index (κ1) is 13.3. The molecule has 0 amide bonds. The minimum absolute atomic E-state index is 1.19. The van der Waals surface area contributed by atoms with E-state index in [9.17, 15) is 0 Å². The van der Waals surface area contributed by atoms with Gasteiger partial charge in [0.05, 0.1) is 0 Å². The summed E-state index contributed by atoms with van der Waals surface area (Å²) in [4.78, 5) is 0. The maximum atomic E-state index is 4.04. The number of fused-ring (bicyclic) bond motifs is 2. The molecule has 0 aromatic heterocycles. The second-order valence-electron chi connectivity index (χ2n) is 6.28. The smallest absolute Gasteiger partial charge is 0.00201 e. The third-order valence-electron chi connectivity index (χ3n) is 5.13. The minimum atomic E-state index is 1.19. The Bertz CT molecular complexity index is 1170. The van der Waals surface area contributed by atoms with Crippen molar-refractivity contribution in [1.82, 2.24) is 0 Å². The number of rotatable bonds is 2. The zero-order valence-electron chi connectivity index (χ0n) is 13.3. The molecule has 0 bridgehead atoms. The normalized spacial score (nSPS) is 11.7. The van der Waals surface area contributed by atoms with Crippen molar-refractivity contribution in [1.29, 1.82) is 0 Å². The van der Waals surface area contributed by atoms with Crippen LogP contribution in [0, 0.1) is 0 Å². The maximum absolute atomic E-state index is 4.04. The lowest BCUT2D eigenvalue weighted by molar-refractivity contribution is 1.74. The molecule has 24 heavy (non-hydrogen) atoms. The number of hydrogen-bond acceptors (Lipinski definition) is 0. The minimum Gasteiger partial charge on any atom is -0.0984 e. The SMILES string of the molecule is C=Cc1ccc2cccc3c4c(C=C)ccc5cccc(c1c23)c54. The van der Waals surface area contributed by atoms with Crippen molar-refractivity contribution in [2.24, 2.45) is 0 Å². The molecule has 5 aromatic rings. The van der Waals surface area contributed by atoms with Gasteiger partial charge < -0.3 is 0 Å². The molecule has 0 saturated carbocycles. The molecule has 0 heteroatoms. The van der Waals surface area contributed by atoms with E-state index in [-0.39, 0.29) is 0 Å². The van der Waals surface area contributed by atoms with E-state index in [1.807, 2.05) is 12.2 Å². The van der Waals surface area contributed by atoms with Crippen LogP contribution < -0.4 is 0 Å². The lowest BCUT2D eigenvalue weighted by atomic mass is 9.86. The summed E-state index contributed by atoms with van der Waals surface area (Å²) in [6, 6.07) is 21.9. The zero-order chi connectivity index (χ0) is 16.3. The molecule has 0 saturated heterocycles. The van der Waals surface area contributed by atoms with Crippen LogP contribution in [0.2, 0.25) is 0 Å². The van der Waals surface area contributed by atoms with Gasteiger partial charge in [0.15, 0.2) is 0 Å². The molecule has 0 fully saturated rings. The van der Waals surface area contributed by atoms with Gasteiger partial charge in [-0.25, -0.2) is 0 Å². The summed E-state index contributed by atoms with van der Waals surface area (Å²) >= 11 is 0. The Kier molecular flexibility index (Phi) is 2.60. The molecule has 5 rings (SSSR count). The van der Waals surface area contributed by atoms with Gasteiger partial charge in [0.25, 0.3) is 0 Å². The van der Waals surface area contributed by atoms with Crippen LogP contribution in [-0.2, 0) is 0 Å². The highest BCUT2D eigenvalue weighted by Crippen LogP contribution is 2.43. The highest BCUT2D eigenvalue weighted by molar-refractivity contribution is 6.35. The Balaban J connectivity index is 2.30. The van der Waals surface area contributed by atoms with Crippen molar-refractivity contribution in [3.8, 4) is 0 Å². The molecular formula is C24H16. The van der Waals surface area contributed by atoms with E-state index in [1.54, 1.807) is 0 Å². The fourth-order valence-corrected chi connectivity index (χ4v) is 4.13. The standard InChI is InChI=1S/C24H16/c1-3-15-11-13-17-7-6-10-20-22-16(4-2)12-14-18-8-5-9-19(24(18)22)21(15)23(17)20/h3-14H,1-2H2. The van der Waals surface area contributed by atoms with E-state index in [4.69, 9.17) is 0 Å². The van der Waals surface area contributed by atoms with E-state index in [1.165, 1.54) is 54.2 Å². The second kappa shape index (κ2) is 4.69. The van der Waals surface area contributed by atoms with Crippen LogP contribution in [0.3, 0.4) is 0 Å². The maximum Gasteiger partial charge on any atom is -0.00201 e. The van der Waals surface area contributed by atoms with Gasteiger partial charge in [0, 0.05) is 0 Å².